The molecule has 0 aromatic rings. The van der Waals surface area contributed by atoms with E-state index in [-0.39, 0.29) is 12.2 Å². The van der Waals surface area contributed by atoms with Crippen LogP contribution >= 0.6 is 0 Å². The van der Waals surface area contributed by atoms with Crippen molar-refractivity contribution in [2.24, 2.45) is 11.1 Å². The first-order chi connectivity index (χ1) is 9.34. The number of nitrogens with zero attached hydrogens (tertiary/aromatic N) is 1. The van der Waals surface area contributed by atoms with E-state index in [2.05, 4.69) is 0 Å². The molecular weight excluding hydrogens is 256 g/mol. The summed E-state index contributed by atoms with van der Waals surface area (Å²) in [6.07, 6.45) is 4.20. The maximum Gasteiger partial charge on any atom is 0.410 e. The second-order valence-electron chi connectivity index (χ2n) is 7.15. The van der Waals surface area contributed by atoms with Crippen LogP contribution in [-0.2, 0) is 9.47 Å². The maximum absolute atomic E-state index is 12.1. The zero-order chi connectivity index (χ0) is 14.8. The Kier molecular flexibility index (Phi) is 4.59. The van der Waals surface area contributed by atoms with Crippen LogP contribution in [0.25, 0.3) is 0 Å². The molecule has 116 valence electrons. The summed E-state index contributed by atoms with van der Waals surface area (Å²) in [5.41, 5.74) is 5.63. The number of hydrogen-bond donors (Lipinski definition) is 1. The van der Waals surface area contributed by atoms with Crippen LogP contribution < -0.4 is 5.73 Å². The van der Waals surface area contributed by atoms with Crippen LogP contribution in [0.1, 0.15) is 46.5 Å². The molecule has 1 unspecified atom stereocenters. The summed E-state index contributed by atoms with van der Waals surface area (Å²) in [4.78, 5) is 13.9. The van der Waals surface area contributed by atoms with Crippen molar-refractivity contribution in [3.63, 3.8) is 0 Å². The largest absolute Gasteiger partial charge is 0.444 e. The Labute approximate surface area is 121 Å². The van der Waals surface area contributed by atoms with Crippen molar-refractivity contribution in [1.82, 2.24) is 4.90 Å². The van der Waals surface area contributed by atoms with E-state index in [1.54, 1.807) is 0 Å². The van der Waals surface area contributed by atoms with Gasteiger partial charge in [0.2, 0.25) is 0 Å². The van der Waals surface area contributed by atoms with Gasteiger partial charge in [-0.2, -0.15) is 0 Å². The van der Waals surface area contributed by atoms with Crippen molar-refractivity contribution in [2.45, 2.75) is 58.2 Å². The highest BCUT2D eigenvalue weighted by molar-refractivity contribution is 5.68. The number of piperidine rings is 1. The van der Waals surface area contributed by atoms with Gasteiger partial charge in [0.1, 0.15) is 5.60 Å². The number of carbonyl (C=O) groups is 1. The first-order valence-electron chi connectivity index (χ1n) is 7.63. The van der Waals surface area contributed by atoms with E-state index in [1.165, 1.54) is 0 Å². The van der Waals surface area contributed by atoms with Gasteiger partial charge < -0.3 is 20.1 Å². The SMILES string of the molecule is CC(C)(C)OC(=O)N1CCC2(CCOC(CN)C2)CC1. The normalized spacial score (nSPS) is 26.6. The molecule has 5 heteroatoms. The number of hydrogen-bond acceptors (Lipinski definition) is 4. The molecule has 1 spiro atoms. The van der Waals surface area contributed by atoms with Crippen LogP contribution in [0.2, 0.25) is 0 Å². The minimum absolute atomic E-state index is 0.185. The van der Waals surface area contributed by atoms with E-state index in [0.717, 1.165) is 45.4 Å². The number of rotatable bonds is 1. The van der Waals surface area contributed by atoms with Crippen LogP contribution in [0.3, 0.4) is 0 Å². The predicted molar refractivity (Wildman–Crippen MR) is 77.5 cm³/mol. The number of likely N-dealkylation sites (tertiary alicyclic amines) is 1. The van der Waals surface area contributed by atoms with E-state index < -0.39 is 5.60 Å². The fourth-order valence-electron chi connectivity index (χ4n) is 3.18. The Balaban J connectivity index is 1.87. The quantitative estimate of drug-likeness (QED) is 0.801. The predicted octanol–water partition coefficient (Wildman–Crippen LogP) is 2.14. The standard InChI is InChI=1S/C15H28N2O3/c1-14(2,3)20-13(18)17-7-4-15(5-8-17)6-9-19-12(10-15)11-16/h12H,4-11,16H2,1-3H3. The van der Waals surface area contributed by atoms with Gasteiger partial charge >= 0.3 is 6.09 Å². The van der Waals surface area contributed by atoms with Crippen LogP contribution in [0.5, 0.6) is 0 Å². The fraction of sp³-hybridized carbons (Fsp3) is 0.933. The first-order valence-corrected chi connectivity index (χ1v) is 7.63. The highest BCUT2D eigenvalue weighted by Crippen LogP contribution is 2.42. The van der Waals surface area contributed by atoms with Crippen LogP contribution in [-0.4, -0.2) is 48.9 Å². The van der Waals surface area contributed by atoms with Crippen molar-refractivity contribution in [2.75, 3.05) is 26.2 Å². The fourth-order valence-corrected chi connectivity index (χ4v) is 3.18. The average Bonchev–Trinajstić information content (AvgIpc) is 2.37. The first kappa shape index (κ1) is 15.6. The van der Waals surface area contributed by atoms with Gasteiger partial charge in [-0.15, -0.1) is 0 Å². The molecular formula is C15H28N2O3. The number of carbonyl (C=O) groups excluding carboxylic acids is 1. The van der Waals surface area contributed by atoms with Gasteiger partial charge in [-0.3, -0.25) is 0 Å². The summed E-state index contributed by atoms with van der Waals surface area (Å²) in [7, 11) is 0. The van der Waals surface area contributed by atoms with Crippen LogP contribution in [0.4, 0.5) is 4.79 Å². The highest BCUT2D eigenvalue weighted by atomic mass is 16.6. The molecule has 0 bridgehead atoms. The molecule has 0 radical (unpaired) electrons. The number of nitrogens with two attached hydrogens (primary N) is 1. The minimum atomic E-state index is -0.421. The van der Waals surface area contributed by atoms with E-state index in [9.17, 15) is 4.79 Å². The molecule has 1 atom stereocenters. The van der Waals surface area contributed by atoms with Crippen LogP contribution in [0.15, 0.2) is 0 Å². The molecule has 2 fully saturated rings. The summed E-state index contributed by atoms with van der Waals surface area (Å²) < 4.78 is 11.1. The van der Waals surface area contributed by atoms with Crippen molar-refractivity contribution >= 4 is 6.09 Å². The molecule has 5 nitrogen and oxygen atoms in total. The van der Waals surface area contributed by atoms with Gasteiger partial charge in [-0.1, -0.05) is 0 Å². The molecule has 20 heavy (non-hydrogen) atoms. The molecule has 1 amide bonds. The summed E-state index contributed by atoms with van der Waals surface area (Å²) in [5.74, 6) is 0. The molecule has 2 N–H and O–H groups in total. The second-order valence-corrected chi connectivity index (χ2v) is 7.15. The second kappa shape index (κ2) is 5.90. The lowest BCUT2D eigenvalue weighted by molar-refractivity contribution is -0.0677. The lowest BCUT2D eigenvalue weighted by atomic mass is 9.71. The van der Waals surface area contributed by atoms with Crippen molar-refractivity contribution < 1.29 is 14.3 Å². The Morgan fingerprint density at radius 2 is 2.00 bits per heavy atom. The Morgan fingerprint density at radius 3 is 2.55 bits per heavy atom. The third-order valence-electron chi connectivity index (χ3n) is 4.39. The highest BCUT2D eigenvalue weighted by Gasteiger charge is 2.40. The summed E-state index contributed by atoms with van der Waals surface area (Å²) in [6.45, 7) is 8.67. The van der Waals surface area contributed by atoms with E-state index in [1.807, 2.05) is 25.7 Å². The number of ether oxygens (including phenoxy) is 2. The zero-order valence-corrected chi connectivity index (χ0v) is 13.0. The smallest absolute Gasteiger partial charge is 0.410 e. The third-order valence-corrected chi connectivity index (χ3v) is 4.39. The molecule has 0 saturated carbocycles. The molecule has 0 aromatic carbocycles. The summed E-state index contributed by atoms with van der Waals surface area (Å²) >= 11 is 0. The van der Waals surface area contributed by atoms with Gasteiger partial charge in [0.15, 0.2) is 0 Å². The van der Waals surface area contributed by atoms with Gasteiger partial charge in [0.05, 0.1) is 6.10 Å². The molecule has 2 heterocycles. The van der Waals surface area contributed by atoms with Gasteiger partial charge in [0, 0.05) is 26.2 Å². The van der Waals surface area contributed by atoms with E-state index in [4.69, 9.17) is 15.2 Å². The lowest BCUT2D eigenvalue weighted by Gasteiger charge is -2.46. The Bertz CT molecular complexity index is 344. The molecule has 2 aliphatic heterocycles. The van der Waals surface area contributed by atoms with Gasteiger partial charge in [0.25, 0.3) is 0 Å². The average molecular weight is 284 g/mol. The monoisotopic (exact) mass is 284 g/mol. The third kappa shape index (κ3) is 3.85. The minimum Gasteiger partial charge on any atom is -0.444 e. The van der Waals surface area contributed by atoms with Crippen molar-refractivity contribution in [1.29, 1.82) is 0 Å². The zero-order valence-electron chi connectivity index (χ0n) is 13.0. The Morgan fingerprint density at radius 1 is 1.35 bits per heavy atom. The van der Waals surface area contributed by atoms with Crippen molar-refractivity contribution in [3.05, 3.63) is 0 Å². The molecule has 2 saturated heterocycles. The summed E-state index contributed by atoms with van der Waals surface area (Å²) in [5, 5.41) is 0. The van der Waals surface area contributed by atoms with E-state index in [0.29, 0.717) is 12.0 Å². The van der Waals surface area contributed by atoms with Crippen LogP contribution in [0, 0.1) is 5.41 Å². The molecule has 0 aromatic heterocycles. The van der Waals surface area contributed by atoms with Gasteiger partial charge in [-0.25, -0.2) is 4.79 Å². The number of amides is 1. The molecule has 2 aliphatic rings. The molecule has 2 rings (SSSR count). The lowest BCUT2D eigenvalue weighted by Crippen LogP contribution is -2.48. The van der Waals surface area contributed by atoms with Gasteiger partial charge in [-0.05, 0) is 51.9 Å². The molecule has 0 aliphatic carbocycles. The Hall–Kier alpha value is -0.810. The maximum atomic E-state index is 12.1. The topological polar surface area (TPSA) is 64.8 Å². The summed E-state index contributed by atoms with van der Waals surface area (Å²) in [6, 6.07) is 0. The van der Waals surface area contributed by atoms with Crippen molar-refractivity contribution in [3.8, 4) is 0 Å². The van der Waals surface area contributed by atoms with E-state index >= 15 is 0 Å².